The molecule has 0 spiro atoms. The average Bonchev–Trinajstić information content (AvgIpc) is 2.82. The second-order valence-electron chi connectivity index (χ2n) is 7.33. The van der Waals surface area contributed by atoms with Crippen LogP contribution >= 0.6 is 0 Å². The van der Waals surface area contributed by atoms with Gasteiger partial charge in [-0.05, 0) is 29.5 Å². The number of ether oxygens (including phenoxy) is 1. The van der Waals surface area contributed by atoms with E-state index in [1.54, 1.807) is 0 Å². The molecular weight excluding hydrogens is 388 g/mol. The largest absolute Gasteiger partial charge is 0.445 e. The van der Waals surface area contributed by atoms with Gasteiger partial charge in [-0.25, -0.2) is 4.79 Å². The predicted molar refractivity (Wildman–Crippen MR) is 121 cm³/mol. The Morgan fingerprint density at radius 3 is 1.90 bits per heavy atom. The number of amides is 2. The van der Waals surface area contributed by atoms with Gasteiger partial charge in [-0.2, -0.15) is 0 Å². The molecule has 0 aliphatic rings. The normalized spacial score (nSPS) is 11.4. The molecule has 2 amide bonds. The van der Waals surface area contributed by atoms with Crippen molar-refractivity contribution in [3.8, 4) is 0 Å². The molecule has 5 nitrogen and oxygen atoms in total. The summed E-state index contributed by atoms with van der Waals surface area (Å²) in [6, 6.07) is 28.5. The summed E-state index contributed by atoms with van der Waals surface area (Å²) in [5.74, 6) is -0.214. The predicted octanol–water partition coefficient (Wildman–Crippen LogP) is 4.27. The number of aryl methyl sites for hydroxylation is 1. The molecule has 5 heteroatoms. The van der Waals surface area contributed by atoms with Crippen LogP contribution in [0.5, 0.6) is 0 Å². The molecule has 31 heavy (non-hydrogen) atoms. The van der Waals surface area contributed by atoms with Crippen LogP contribution in [0, 0.1) is 0 Å². The number of carbonyl (C=O) groups excluding carboxylic acids is 2. The van der Waals surface area contributed by atoms with Crippen molar-refractivity contribution >= 4 is 12.0 Å². The summed E-state index contributed by atoms with van der Waals surface area (Å²) in [7, 11) is 0. The first-order valence-corrected chi connectivity index (χ1v) is 10.5. The van der Waals surface area contributed by atoms with Crippen molar-refractivity contribution in [2.45, 2.75) is 31.9 Å². The van der Waals surface area contributed by atoms with Crippen molar-refractivity contribution in [2.24, 2.45) is 0 Å². The minimum absolute atomic E-state index is 0.156. The monoisotopic (exact) mass is 416 g/mol. The van der Waals surface area contributed by atoms with Crippen LogP contribution in [-0.2, 0) is 29.0 Å². The smallest absolute Gasteiger partial charge is 0.408 e. The van der Waals surface area contributed by atoms with E-state index in [1.165, 1.54) is 5.56 Å². The summed E-state index contributed by atoms with van der Waals surface area (Å²) in [6.45, 7) is 0.698. The highest BCUT2D eigenvalue weighted by atomic mass is 16.5. The highest BCUT2D eigenvalue weighted by molar-refractivity contribution is 5.85. The number of alkyl carbamates (subject to hydrolysis) is 1. The van der Waals surface area contributed by atoms with Gasteiger partial charge in [0, 0.05) is 13.0 Å². The van der Waals surface area contributed by atoms with Crippen LogP contribution < -0.4 is 10.6 Å². The molecule has 160 valence electrons. The quantitative estimate of drug-likeness (QED) is 0.485. The highest BCUT2D eigenvalue weighted by Crippen LogP contribution is 2.06. The molecule has 0 aliphatic heterocycles. The third-order valence-corrected chi connectivity index (χ3v) is 4.89. The molecule has 1 atom stereocenters. The van der Waals surface area contributed by atoms with Gasteiger partial charge in [0.05, 0.1) is 0 Å². The molecule has 0 saturated heterocycles. The Balaban J connectivity index is 1.52. The molecule has 3 aromatic rings. The molecule has 0 aliphatic carbocycles. The van der Waals surface area contributed by atoms with Gasteiger partial charge in [0.2, 0.25) is 5.91 Å². The van der Waals surface area contributed by atoms with Gasteiger partial charge in [0.15, 0.2) is 0 Å². The molecule has 0 fully saturated rings. The minimum Gasteiger partial charge on any atom is -0.445 e. The molecule has 3 aromatic carbocycles. The molecule has 3 rings (SSSR count). The van der Waals surface area contributed by atoms with Crippen LogP contribution in [0.25, 0.3) is 0 Å². The Morgan fingerprint density at radius 1 is 0.742 bits per heavy atom. The Morgan fingerprint density at radius 2 is 1.29 bits per heavy atom. The number of hydrogen-bond acceptors (Lipinski definition) is 3. The van der Waals surface area contributed by atoms with Crippen molar-refractivity contribution in [3.05, 3.63) is 108 Å². The summed E-state index contributed by atoms with van der Waals surface area (Å²) >= 11 is 0. The van der Waals surface area contributed by atoms with Gasteiger partial charge < -0.3 is 15.4 Å². The van der Waals surface area contributed by atoms with Crippen LogP contribution in [-0.4, -0.2) is 24.6 Å². The van der Waals surface area contributed by atoms with E-state index >= 15 is 0 Å². The van der Waals surface area contributed by atoms with Gasteiger partial charge in [-0.3, -0.25) is 4.79 Å². The minimum atomic E-state index is -0.706. The highest BCUT2D eigenvalue weighted by Gasteiger charge is 2.21. The van der Waals surface area contributed by atoms with Crippen molar-refractivity contribution in [2.75, 3.05) is 6.54 Å². The van der Waals surface area contributed by atoms with E-state index in [4.69, 9.17) is 4.74 Å². The lowest BCUT2D eigenvalue weighted by Gasteiger charge is -2.18. The molecule has 0 radical (unpaired) electrons. The fourth-order valence-electron chi connectivity index (χ4n) is 3.24. The van der Waals surface area contributed by atoms with Crippen LogP contribution in [0.1, 0.15) is 23.1 Å². The maximum Gasteiger partial charge on any atom is 0.408 e. The first-order chi connectivity index (χ1) is 15.2. The van der Waals surface area contributed by atoms with E-state index in [9.17, 15) is 9.59 Å². The fraction of sp³-hybridized carbons (Fsp3) is 0.231. The van der Waals surface area contributed by atoms with Crippen molar-refractivity contribution in [3.63, 3.8) is 0 Å². The van der Waals surface area contributed by atoms with E-state index in [1.807, 2.05) is 78.9 Å². The fourth-order valence-corrected chi connectivity index (χ4v) is 3.24. The Hall–Kier alpha value is -3.60. The summed E-state index contributed by atoms with van der Waals surface area (Å²) in [5, 5.41) is 5.66. The molecule has 0 heterocycles. The Kier molecular flexibility index (Phi) is 8.68. The van der Waals surface area contributed by atoms with Gasteiger partial charge in [0.25, 0.3) is 0 Å². The van der Waals surface area contributed by atoms with E-state index < -0.39 is 12.1 Å². The van der Waals surface area contributed by atoms with E-state index in [-0.39, 0.29) is 12.5 Å². The standard InChI is InChI=1S/C26H28N2O3/c29-25(27-18-10-17-21-11-4-1-5-12-21)24(19-22-13-6-2-7-14-22)28-26(30)31-20-23-15-8-3-9-16-23/h1-9,11-16,24H,10,17-20H2,(H,27,29)(H,28,30). The van der Waals surface area contributed by atoms with E-state index in [0.717, 1.165) is 24.0 Å². The first kappa shape index (κ1) is 22.1. The zero-order valence-electron chi connectivity index (χ0n) is 17.5. The second kappa shape index (κ2) is 12.2. The molecule has 0 aromatic heterocycles. The third kappa shape index (κ3) is 7.97. The van der Waals surface area contributed by atoms with Crippen LogP contribution in [0.2, 0.25) is 0 Å². The van der Waals surface area contributed by atoms with Gasteiger partial charge in [0.1, 0.15) is 12.6 Å². The SMILES string of the molecule is O=C(NC(Cc1ccccc1)C(=O)NCCCc1ccccc1)OCc1ccccc1. The van der Waals surface area contributed by atoms with Crippen LogP contribution in [0.15, 0.2) is 91.0 Å². The topological polar surface area (TPSA) is 67.4 Å². The summed E-state index contributed by atoms with van der Waals surface area (Å²) in [5.41, 5.74) is 3.10. The summed E-state index contributed by atoms with van der Waals surface area (Å²) in [4.78, 5) is 25.1. The van der Waals surface area contributed by atoms with Crippen molar-refractivity contribution in [1.29, 1.82) is 0 Å². The summed E-state index contributed by atoms with van der Waals surface area (Å²) in [6.07, 6.45) is 1.50. The van der Waals surface area contributed by atoms with Gasteiger partial charge >= 0.3 is 6.09 Å². The zero-order valence-corrected chi connectivity index (χ0v) is 17.5. The van der Waals surface area contributed by atoms with E-state index in [0.29, 0.717) is 13.0 Å². The molecule has 0 bridgehead atoms. The number of hydrogen-bond donors (Lipinski definition) is 2. The molecule has 1 unspecified atom stereocenters. The van der Waals surface area contributed by atoms with Crippen LogP contribution in [0.4, 0.5) is 4.79 Å². The second-order valence-corrected chi connectivity index (χ2v) is 7.33. The summed E-state index contributed by atoms with van der Waals surface area (Å²) < 4.78 is 5.30. The van der Waals surface area contributed by atoms with Crippen molar-refractivity contribution in [1.82, 2.24) is 10.6 Å². The molecular formula is C26H28N2O3. The molecule has 2 N–H and O–H groups in total. The van der Waals surface area contributed by atoms with Gasteiger partial charge in [-0.15, -0.1) is 0 Å². The van der Waals surface area contributed by atoms with E-state index in [2.05, 4.69) is 22.8 Å². The van der Waals surface area contributed by atoms with Gasteiger partial charge in [-0.1, -0.05) is 91.0 Å². The number of rotatable bonds is 10. The van der Waals surface area contributed by atoms with Crippen LogP contribution in [0.3, 0.4) is 0 Å². The Bertz CT molecular complexity index is 931. The first-order valence-electron chi connectivity index (χ1n) is 10.5. The average molecular weight is 417 g/mol. The lowest BCUT2D eigenvalue weighted by atomic mass is 10.1. The van der Waals surface area contributed by atoms with Crippen molar-refractivity contribution < 1.29 is 14.3 Å². The number of benzene rings is 3. The number of carbonyl (C=O) groups is 2. The number of nitrogens with one attached hydrogen (secondary N) is 2. The lowest BCUT2D eigenvalue weighted by molar-refractivity contribution is -0.123. The molecule has 0 saturated carbocycles. The third-order valence-electron chi connectivity index (χ3n) is 4.89. The Labute approximate surface area is 183 Å². The zero-order chi connectivity index (χ0) is 21.7. The maximum atomic E-state index is 12.8. The lowest BCUT2D eigenvalue weighted by Crippen LogP contribution is -2.48. The maximum absolute atomic E-state index is 12.8.